The summed E-state index contributed by atoms with van der Waals surface area (Å²) >= 11 is 0. The molecule has 0 bridgehead atoms. The van der Waals surface area contributed by atoms with Gasteiger partial charge in [-0.2, -0.15) is 4.98 Å². The Balaban J connectivity index is 2.81. The number of nitrogens with zero attached hydrogens (tertiary/aromatic N) is 2. The smallest absolute Gasteiger partial charge is 0.216 e. The van der Waals surface area contributed by atoms with Crippen molar-refractivity contribution in [3.8, 4) is 5.88 Å². The zero-order valence-electron chi connectivity index (χ0n) is 7.78. The summed E-state index contributed by atoms with van der Waals surface area (Å²) in [6, 6.07) is 1.75. The molecule has 1 rings (SSSR count). The summed E-state index contributed by atoms with van der Waals surface area (Å²) in [5.41, 5.74) is 0.854. The lowest BCUT2D eigenvalue weighted by molar-refractivity contribution is -0.107. The number of rotatable bonds is 4. The van der Waals surface area contributed by atoms with Gasteiger partial charge in [0, 0.05) is 24.6 Å². The number of aldehydes is 1. The molecule has 13 heavy (non-hydrogen) atoms. The number of carbonyl (C=O) groups is 1. The van der Waals surface area contributed by atoms with Gasteiger partial charge in [-0.05, 0) is 6.92 Å². The molecular weight excluding hydrogens is 168 g/mol. The van der Waals surface area contributed by atoms with Crippen molar-refractivity contribution < 1.29 is 9.53 Å². The van der Waals surface area contributed by atoms with E-state index in [1.807, 2.05) is 6.92 Å². The summed E-state index contributed by atoms with van der Waals surface area (Å²) in [6.45, 7) is 1.87. The van der Waals surface area contributed by atoms with Crippen LogP contribution in [0.15, 0.2) is 6.07 Å². The second kappa shape index (κ2) is 4.54. The Morgan fingerprint density at radius 2 is 2.31 bits per heavy atom. The second-order valence-electron chi connectivity index (χ2n) is 2.67. The van der Waals surface area contributed by atoms with E-state index in [9.17, 15) is 4.79 Å². The number of aryl methyl sites for hydroxylation is 2. The highest BCUT2D eigenvalue weighted by atomic mass is 16.5. The lowest BCUT2D eigenvalue weighted by Crippen LogP contribution is -2.00. The fourth-order valence-corrected chi connectivity index (χ4v) is 1.00. The molecule has 0 amide bonds. The summed E-state index contributed by atoms with van der Waals surface area (Å²) in [7, 11) is 1.56. The Kier molecular flexibility index (Phi) is 3.37. The lowest BCUT2D eigenvalue weighted by atomic mass is 10.3. The highest BCUT2D eigenvalue weighted by Gasteiger charge is 2.01. The molecule has 0 radical (unpaired) electrons. The summed E-state index contributed by atoms with van der Waals surface area (Å²) in [5, 5.41) is 0. The molecule has 0 aliphatic heterocycles. The normalized spacial score (nSPS) is 9.69. The monoisotopic (exact) mass is 180 g/mol. The third-order valence-electron chi connectivity index (χ3n) is 1.57. The number of carbonyl (C=O) groups excluding carboxylic acids is 1. The summed E-state index contributed by atoms with van der Waals surface area (Å²) in [4.78, 5) is 18.4. The van der Waals surface area contributed by atoms with E-state index in [-0.39, 0.29) is 0 Å². The van der Waals surface area contributed by atoms with Gasteiger partial charge in [0.1, 0.15) is 12.1 Å². The Hall–Kier alpha value is -1.45. The van der Waals surface area contributed by atoms with Crippen molar-refractivity contribution in [2.45, 2.75) is 19.8 Å². The zero-order chi connectivity index (χ0) is 9.68. The minimum Gasteiger partial charge on any atom is -0.481 e. The van der Waals surface area contributed by atoms with Gasteiger partial charge in [0.15, 0.2) is 0 Å². The van der Waals surface area contributed by atoms with Gasteiger partial charge in [0.05, 0.1) is 7.11 Å². The molecular formula is C9H12N2O2. The highest BCUT2D eigenvalue weighted by molar-refractivity contribution is 5.49. The van der Waals surface area contributed by atoms with E-state index in [4.69, 9.17) is 4.74 Å². The topological polar surface area (TPSA) is 52.1 Å². The standard InChI is InChI=1S/C9H12N2O2/c1-7-6-9(13-2)11-8(10-7)4-3-5-12/h5-6H,3-4H2,1-2H3. The third kappa shape index (κ3) is 2.82. The fourth-order valence-electron chi connectivity index (χ4n) is 1.00. The quantitative estimate of drug-likeness (QED) is 0.647. The maximum Gasteiger partial charge on any atom is 0.216 e. The van der Waals surface area contributed by atoms with Crippen LogP contribution in [-0.2, 0) is 11.2 Å². The molecule has 0 aliphatic rings. The molecule has 1 aromatic heterocycles. The number of aromatic nitrogens is 2. The van der Waals surface area contributed by atoms with Crippen LogP contribution >= 0.6 is 0 Å². The van der Waals surface area contributed by atoms with Crippen molar-refractivity contribution in [2.75, 3.05) is 7.11 Å². The van der Waals surface area contributed by atoms with E-state index in [0.29, 0.717) is 24.5 Å². The Morgan fingerprint density at radius 1 is 1.54 bits per heavy atom. The number of ether oxygens (including phenoxy) is 1. The van der Waals surface area contributed by atoms with Crippen molar-refractivity contribution >= 4 is 6.29 Å². The van der Waals surface area contributed by atoms with Crippen molar-refractivity contribution in [1.29, 1.82) is 0 Å². The first-order valence-electron chi connectivity index (χ1n) is 4.08. The van der Waals surface area contributed by atoms with Crippen LogP contribution in [0.3, 0.4) is 0 Å². The number of methoxy groups -OCH3 is 1. The largest absolute Gasteiger partial charge is 0.481 e. The van der Waals surface area contributed by atoms with Crippen molar-refractivity contribution in [2.24, 2.45) is 0 Å². The number of hydrogen-bond acceptors (Lipinski definition) is 4. The molecule has 0 unspecified atom stereocenters. The SMILES string of the molecule is COc1cc(C)nc(CCC=O)n1. The molecule has 0 atom stereocenters. The first-order chi connectivity index (χ1) is 6.26. The second-order valence-corrected chi connectivity index (χ2v) is 2.67. The van der Waals surface area contributed by atoms with Gasteiger partial charge in [0.2, 0.25) is 5.88 Å². The van der Waals surface area contributed by atoms with E-state index in [2.05, 4.69) is 9.97 Å². The Morgan fingerprint density at radius 3 is 2.92 bits per heavy atom. The van der Waals surface area contributed by atoms with Gasteiger partial charge in [-0.1, -0.05) is 0 Å². The Labute approximate surface area is 77.0 Å². The van der Waals surface area contributed by atoms with Crippen LogP contribution in [0.5, 0.6) is 5.88 Å². The van der Waals surface area contributed by atoms with Gasteiger partial charge in [-0.3, -0.25) is 0 Å². The van der Waals surface area contributed by atoms with Crippen molar-refractivity contribution in [3.05, 3.63) is 17.6 Å². The van der Waals surface area contributed by atoms with E-state index in [1.165, 1.54) is 0 Å². The van der Waals surface area contributed by atoms with Gasteiger partial charge in [-0.25, -0.2) is 4.98 Å². The van der Waals surface area contributed by atoms with Crippen LogP contribution in [0.25, 0.3) is 0 Å². The van der Waals surface area contributed by atoms with Gasteiger partial charge >= 0.3 is 0 Å². The lowest BCUT2D eigenvalue weighted by Gasteiger charge is -2.02. The van der Waals surface area contributed by atoms with Crippen LogP contribution in [0.2, 0.25) is 0 Å². The molecule has 4 heteroatoms. The molecule has 70 valence electrons. The maximum absolute atomic E-state index is 10.1. The summed E-state index contributed by atoms with van der Waals surface area (Å²) < 4.78 is 4.98. The van der Waals surface area contributed by atoms with Crippen molar-refractivity contribution in [3.63, 3.8) is 0 Å². The fraction of sp³-hybridized carbons (Fsp3) is 0.444. The van der Waals surface area contributed by atoms with E-state index < -0.39 is 0 Å². The summed E-state index contributed by atoms with van der Waals surface area (Å²) in [6.07, 6.45) is 1.88. The Bertz CT molecular complexity index is 300. The van der Waals surface area contributed by atoms with Crippen LogP contribution in [0.1, 0.15) is 17.9 Å². The zero-order valence-corrected chi connectivity index (χ0v) is 7.78. The molecule has 1 heterocycles. The third-order valence-corrected chi connectivity index (χ3v) is 1.57. The number of hydrogen-bond donors (Lipinski definition) is 0. The molecule has 0 saturated heterocycles. The molecule has 0 spiro atoms. The first kappa shape index (κ1) is 9.64. The molecule has 0 aromatic carbocycles. The predicted molar refractivity (Wildman–Crippen MR) is 47.7 cm³/mol. The van der Waals surface area contributed by atoms with E-state index in [1.54, 1.807) is 13.2 Å². The summed E-state index contributed by atoms with van der Waals surface area (Å²) in [5.74, 6) is 1.21. The molecule has 0 aliphatic carbocycles. The van der Waals surface area contributed by atoms with Crippen LogP contribution < -0.4 is 4.74 Å². The van der Waals surface area contributed by atoms with Crippen LogP contribution in [0.4, 0.5) is 0 Å². The molecule has 0 fully saturated rings. The minimum absolute atomic E-state index is 0.451. The highest BCUT2D eigenvalue weighted by Crippen LogP contribution is 2.08. The van der Waals surface area contributed by atoms with Crippen LogP contribution in [0, 0.1) is 6.92 Å². The van der Waals surface area contributed by atoms with Gasteiger partial charge < -0.3 is 9.53 Å². The molecule has 4 nitrogen and oxygen atoms in total. The minimum atomic E-state index is 0.451. The maximum atomic E-state index is 10.1. The predicted octanol–water partition coefficient (Wildman–Crippen LogP) is 0.925. The molecule has 1 aromatic rings. The van der Waals surface area contributed by atoms with E-state index in [0.717, 1.165) is 12.0 Å². The van der Waals surface area contributed by atoms with Gasteiger partial charge in [-0.15, -0.1) is 0 Å². The van der Waals surface area contributed by atoms with Crippen molar-refractivity contribution in [1.82, 2.24) is 9.97 Å². The average Bonchev–Trinajstić information content (AvgIpc) is 2.14. The van der Waals surface area contributed by atoms with E-state index >= 15 is 0 Å². The molecule has 0 saturated carbocycles. The van der Waals surface area contributed by atoms with Crippen LogP contribution in [-0.4, -0.2) is 23.4 Å². The first-order valence-corrected chi connectivity index (χ1v) is 4.08. The molecule has 0 N–H and O–H groups in total. The average molecular weight is 180 g/mol. The van der Waals surface area contributed by atoms with Gasteiger partial charge in [0.25, 0.3) is 0 Å².